The van der Waals surface area contributed by atoms with Crippen molar-refractivity contribution in [2.24, 2.45) is 5.14 Å². The van der Waals surface area contributed by atoms with Crippen LogP contribution in [0.15, 0.2) is 52.5 Å². The molecule has 1 atom stereocenters. The molecule has 0 aliphatic carbocycles. The molecule has 0 aliphatic heterocycles. The zero-order valence-corrected chi connectivity index (χ0v) is 16.8. The van der Waals surface area contributed by atoms with Gasteiger partial charge in [-0.2, -0.15) is 0 Å². The van der Waals surface area contributed by atoms with Crippen LogP contribution in [0.3, 0.4) is 0 Å². The van der Waals surface area contributed by atoms with Crippen molar-refractivity contribution in [1.29, 1.82) is 0 Å². The second-order valence-electron chi connectivity index (χ2n) is 6.09. The van der Waals surface area contributed by atoms with E-state index in [9.17, 15) is 17.6 Å². The van der Waals surface area contributed by atoms with Crippen LogP contribution in [0.1, 0.15) is 13.8 Å². The van der Waals surface area contributed by atoms with Crippen molar-refractivity contribution in [3.63, 3.8) is 0 Å². The van der Waals surface area contributed by atoms with Crippen LogP contribution in [-0.2, 0) is 21.4 Å². The molecule has 0 bridgehead atoms. The molecule has 28 heavy (non-hydrogen) atoms. The second kappa shape index (κ2) is 7.90. The van der Waals surface area contributed by atoms with E-state index in [-0.39, 0.29) is 16.6 Å². The molecule has 0 spiro atoms. The first-order valence-corrected chi connectivity index (χ1v) is 10.9. The maximum absolute atomic E-state index is 13.0. The Morgan fingerprint density at radius 3 is 2.57 bits per heavy atom. The van der Waals surface area contributed by atoms with E-state index in [1.165, 1.54) is 48.2 Å². The van der Waals surface area contributed by atoms with E-state index in [0.29, 0.717) is 22.9 Å². The zero-order chi connectivity index (χ0) is 20.5. The molecular formula is C18H19FN4O3S2. The van der Waals surface area contributed by atoms with E-state index in [4.69, 9.17) is 5.14 Å². The molecule has 7 nitrogen and oxygen atoms in total. The number of anilines is 1. The van der Waals surface area contributed by atoms with Crippen LogP contribution >= 0.6 is 11.8 Å². The Labute approximate surface area is 166 Å². The van der Waals surface area contributed by atoms with Crippen LogP contribution in [-0.4, -0.2) is 29.1 Å². The molecule has 10 heteroatoms. The van der Waals surface area contributed by atoms with Crippen molar-refractivity contribution in [1.82, 2.24) is 9.55 Å². The number of sulfonamides is 1. The summed E-state index contributed by atoms with van der Waals surface area (Å²) in [4.78, 5) is 16.9. The number of hydrogen-bond acceptors (Lipinski definition) is 5. The van der Waals surface area contributed by atoms with E-state index in [1.807, 2.05) is 11.5 Å². The van der Waals surface area contributed by atoms with Gasteiger partial charge in [0, 0.05) is 12.2 Å². The molecule has 1 heterocycles. The number of amides is 1. The summed E-state index contributed by atoms with van der Waals surface area (Å²) in [6, 6.07) is 10.0. The first-order valence-electron chi connectivity index (χ1n) is 8.45. The summed E-state index contributed by atoms with van der Waals surface area (Å²) in [5.74, 6) is -0.632. The van der Waals surface area contributed by atoms with Crippen molar-refractivity contribution < 1.29 is 17.6 Å². The highest BCUT2D eigenvalue weighted by Gasteiger charge is 2.20. The van der Waals surface area contributed by atoms with Gasteiger partial charge >= 0.3 is 0 Å². The molecular weight excluding hydrogens is 403 g/mol. The van der Waals surface area contributed by atoms with E-state index in [0.717, 1.165) is 5.52 Å². The summed E-state index contributed by atoms with van der Waals surface area (Å²) in [5.41, 5.74) is 1.74. The second-order valence-corrected chi connectivity index (χ2v) is 8.96. The molecule has 3 rings (SSSR count). The Morgan fingerprint density at radius 2 is 1.96 bits per heavy atom. The largest absolute Gasteiger partial charge is 0.325 e. The van der Waals surface area contributed by atoms with Gasteiger partial charge in [0.2, 0.25) is 15.9 Å². The van der Waals surface area contributed by atoms with Crippen LogP contribution in [0.2, 0.25) is 0 Å². The number of aromatic nitrogens is 2. The molecule has 0 radical (unpaired) electrons. The SMILES string of the molecule is CCn1c(S[C@H](C)C(=O)Nc2ccc(F)cc2)nc2cc(S(N)(=O)=O)ccc21. The smallest absolute Gasteiger partial charge is 0.238 e. The van der Waals surface area contributed by atoms with Crippen LogP contribution in [0.4, 0.5) is 10.1 Å². The lowest BCUT2D eigenvalue weighted by molar-refractivity contribution is -0.115. The van der Waals surface area contributed by atoms with Gasteiger partial charge in [0.25, 0.3) is 0 Å². The minimum atomic E-state index is -3.83. The lowest BCUT2D eigenvalue weighted by atomic mass is 10.3. The fourth-order valence-electron chi connectivity index (χ4n) is 2.65. The van der Waals surface area contributed by atoms with Gasteiger partial charge in [-0.3, -0.25) is 4.79 Å². The topological polar surface area (TPSA) is 107 Å². The van der Waals surface area contributed by atoms with Crippen LogP contribution in [0, 0.1) is 5.82 Å². The van der Waals surface area contributed by atoms with Crippen molar-refractivity contribution in [2.75, 3.05) is 5.32 Å². The van der Waals surface area contributed by atoms with E-state index < -0.39 is 15.3 Å². The number of rotatable bonds is 6. The van der Waals surface area contributed by atoms with Gasteiger partial charge in [-0.05, 0) is 56.3 Å². The molecule has 0 unspecified atom stereocenters. The normalized spacial score (nSPS) is 12.9. The number of nitrogens with zero attached hydrogens (tertiary/aromatic N) is 2. The highest BCUT2D eigenvalue weighted by atomic mass is 32.2. The third kappa shape index (κ3) is 4.34. The maximum Gasteiger partial charge on any atom is 0.238 e. The monoisotopic (exact) mass is 422 g/mol. The van der Waals surface area contributed by atoms with Crippen molar-refractivity contribution in [2.45, 2.75) is 35.7 Å². The number of carbonyl (C=O) groups excluding carboxylic acids is 1. The highest BCUT2D eigenvalue weighted by Crippen LogP contribution is 2.29. The van der Waals surface area contributed by atoms with Gasteiger partial charge < -0.3 is 9.88 Å². The molecule has 3 N–H and O–H groups in total. The van der Waals surface area contributed by atoms with Crippen LogP contribution in [0.25, 0.3) is 11.0 Å². The van der Waals surface area contributed by atoms with E-state index in [2.05, 4.69) is 10.3 Å². The van der Waals surface area contributed by atoms with Gasteiger partial charge in [0.15, 0.2) is 5.16 Å². The first-order chi connectivity index (χ1) is 13.2. The van der Waals surface area contributed by atoms with Gasteiger partial charge in [0.1, 0.15) is 5.82 Å². The minimum absolute atomic E-state index is 0.0144. The fourth-order valence-corrected chi connectivity index (χ4v) is 4.17. The quantitative estimate of drug-likeness (QED) is 0.594. The average molecular weight is 423 g/mol. The zero-order valence-electron chi connectivity index (χ0n) is 15.2. The number of hydrogen-bond donors (Lipinski definition) is 2. The molecule has 2 aromatic carbocycles. The molecule has 0 aliphatic rings. The Balaban J connectivity index is 1.84. The molecule has 1 amide bonds. The Kier molecular flexibility index (Phi) is 5.73. The summed E-state index contributed by atoms with van der Waals surface area (Å²) >= 11 is 1.25. The third-order valence-electron chi connectivity index (χ3n) is 4.09. The third-order valence-corrected chi connectivity index (χ3v) is 6.09. The van der Waals surface area contributed by atoms with Gasteiger partial charge in [0.05, 0.1) is 21.2 Å². The van der Waals surface area contributed by atoms with Crippen LogP contribution < -0.4 is 10.5 Å². The number of nitrogens with one attached hydrogen (secondary N) is 1. The summed E-state index contributed by atoms with van der Waals surface area (Å²) in [5, 5.41) is 8.02. The fraction of sp³-hybridized carbons (Fsp3) is 0.222. The Bertz CT molecular complexity index is 1130. The maximum atomic E-state index is 13.0. The molecule has 3 aromatic rings. The molecule has 1 aromatic heterocycles. The number of carbonyl (C=O) groups is 1. The standard InChI is InChI=1S/C18H19FN4O3S2/c1-3-23-16-9-8-14(28(20,25)26)10-15(16)22-18(23)27-11(2)17(24)21-13-6-4-12(19)5-7-13/h4-11H,3H2,1-2H3,(H,21,24)(H2,20,25,26)/t11-/m1/s1. The van der Waals surface area contributed by atoms with E-state index >= 15 is 0 Å². The first kappa shape index (κ1) is 20.3. The Hall–Kier alpha value is -2.43. The lowest BCUT2D eigenvalue weighted by Gasteiger charge is -2.12. The minimum Gasteiger partial charge on any atom is -0.325 e. The highest BCUT2D eigenvalue weighted by molar-refractivity contribution is 8.00. The van der Waals surface area contributed by atoms with Crippen molar-refractivity contribution in [3.8, 4) is 0 Å². The molecule has 0 fully saturated rings. The van der Waals surface area contributed by atoms with Gasteiger partial charge in [-0.1, -0.05) is 11.8 Å². The van der Waals surface area contributed by atoms with Crippen LogP contribution in [0.5, 0.6) is 0 Å². The predicted octanol–water partition coefficient (Wildman–Crippen LogP) is 2.96. The summed E-state index contributed by atoms with van der Waals surface area (Å²) in [6.45, 7) is 4.26. The van der Waals surface area contributed by atoms with Gasteiger partial charge in [-0.25, -0.2) is 22.9 Å². The number of fused-ring (bicyclic) bond motifs is 1. The molecule has 0 saturated carbocycles. The number of primary sulfonamides is 1. The Morgan fingerprint density at radius 1 is 1.29 bits per heavy atom. The van der Waals surface area contributed by atoms with Gasteiger partial charge in [-0.15, -0.1) is 0 Å². The molecule has 0 saturated heterocycles. The molecule has 148 valence electrons. The summed E-state index contributed by atoms with van der Waals surface area (Å²) in [6.07, 6.45) is 0. The summed E-state index contributed by atoms with van der Waals surface area (Å²) in [7, 11) is -3.83. The number of halogens is 1. The number of aryl methyl sites for hydroxylation is 1. The number of imidazole rings is 1. The summed E-state index contributed by atoms with van der Waals surface area (Å²) < 4.78 is 38.0. The van der Waals surface area contributed by atoms with E-state index in [1.54, 1.807) is 13.0 Å². The number of nitrogens with two attached hydrogens (primary N) is 1. The lowest BCUT2D eigenvalue weighted by Crippen LogP contribution is -2.22. The number of thioether (sulfide) groups is 1. The number of benzene rings is 2. The predicted molar refractivity (Wildman–Crippen MR) is 107 cm³/mol. The van der Waals surface area contributed by atoms with Crippen molar-refractivity contribution >= 4 is 44.4 Å². The average Bonchev–Trinajstić information content (AvgIpc) is 2.98. The van der Waals surface area contributed by atoms with Crippen molar-refractivity contribution in [3.05, 3.63) is 48.3 Å².